The summed E-state index contributed by atoms with van der Waals surface area (Å²) in [6.07, 6.45) is 0.955. The maximum absolute atomic E-state index is 10.6. The van der Waals surface area contributed by atoms with Crippen molar-refractivity contribution in [3.8, 4) is 0 Å². The summed E-state index contributed by atoms with van der Waals surface area (Å²) in [6, 6.07) is 3.21. The van der Waals surface area contributed by atoms with Crippen LogP contribution in [-0.2, 0) is 6.54 Å². The second-order valence-electron chi connectivity index (χ2n) is 3.89. The number of aromatic nitrogens is 1. The van der Waals surface area contributed by atoms with E-state index in [1.165, 1.54) is 12.3 Å². The molecule has 1 rings (SSSR count). The number of aliphatic hydroxyl groups is 1. The van der Waals surface area contributed by atoms with Crippen molar-refractivity contribution in [1.29, 1.82) is 0 Å². The Morgan fingerprint density at radius 3 is 2.69 bits per heavy atom. The molecule has 1 unspecified atom stereocenters. The first-order valence-corrected chi connectivity index (χ1v) is 5.04. The van der Waals surface area contributed by atoms with Crippen LogP contribution in [0, 0.1) is 0 Å². The van der Waals surface area contributed by atoms with Gasteiger partial charge in [0.2, 0.25) is 0 Å². The molecule has 5 nitrogen and oxygen atoms in total. The smallest absolute Gasteiger partial charge is 0.337 e. The van der Waals surface area contributed by atoms with Gasteiger partial charge in [-0.1, -0.05) is 0 Å². The fourth-order valence-corrected chi connectivity index (χ4v) is 1.44. The third kappa shape index (κ3) is 3.96. The highest BCUT2D eigenvalue weighted by molar-refractivity contribution is 5.87. The van der Waals surface area contributed by atoms with Crippen LogP contribution in [0.15, 0.2) is 18.3 Å². The molecule has 16 heavy (non-hydrogen) atoms. The fraction of sp³-hybridized carbons (Fsp3) is 0.455. The van der Waals surface area contributed by atoms with Crippen LogP contribution < -0.4 is 0 Å². The number of aromatic carboxylic acids is 1. The van der Waals surface area contributed by atoms with E-state index in [-0.39, 0.29) is 11.7 Å². The van der Waals surface area contributed by atoms with Gasteiger partial charge in [0.15, 0.2) is 0 Å². The molecule has 0 radical (unpaired) electrons. The fourth-order valence-electron chi connectivity index (χ4n) is 1.44. The van der Waals surface area contributed by atoms with Crippen LogP contribution in [0.2, 0.25) is 0 Å². The monoisotopic (exact) mass is 224 g/mol. The van der Waals surface area contributed by atoms with E-state index in [2.05, 4.69) is 4.98 Å². The average Bonchev–Trinajstić information content (AvgIpc) is 2.16. The lowest BCUT2D eigenvalue weighted by molar-refractivity contribution is 0.0696. The predicted molar refractivity (Wildman–Crippen MR) is 59.2 cm³/mol. The summed E-state index contributed by atoms with van der Waals surface area (Å²) in [5.41, 5.74) is 0.968. The number of carbonyl (C=O) groups is 1. The minimum absolute atomic E-state index is 0.182. The summed E-state index contributed by atoms with van der Waals surface area (Å²) in [7, 11) is 1.87. The molecule has 0 aliphatic carbocycles. The molecule has 0 aromatic carbocycles. The van der Waals surface area contributed by atoms with Gasteiger partial charge in [-0.15, -0.1) is 0 Å². The molecule has 0 bridgehead atoms. The molecule has 0 fully saturated rings. The lowest BCUT2D eigenvalue weighted by Gasteiger charge is -2.17. The van der Waals surface area contributed by atoms with Crippen molar-refractivity contribution in [2.24, 2.45) is 0 Å². The summed E-state index contributed by atoms with van der Waals surface area (Å²) in [4.78, 5) is 16.6. The van der Waals surface area contributed by atoms with Crippen LogP contribution in [0.25, 0.3) is 0 Å². The zero-order chi connectivity index (χ0) is 12.1. The Hall–Kier alpha value is -1.46. The molecule has 0 aliphatic heterocycles. The van der Waals surface area contributed by atoms with Crippen LogP contribution in [-0.4, -0.2) is 45.8 Å². The lowest BCUT2D eigenvalue weighted by Crippen LogP contribution is -2.27. The van der Waals surface area contributed by atoms with Gasteiger partial charge < -0.3 is 10.2 Å². The van der Waals surface area contributed by atoms with E-state index in [1.54, 1.807) is 13.0 Å². The third-order valence-electron chi connectivity index (χ3n) is 2.08. The second-order valence-corrected chi connectivity index (χ2v) is 3.89. The number of rotatable bonds is 5. The summed E-state index contributed by atoms with van der Waals surface area (Å²) in [5, 5.41) is 17.9. The van der Waals surface area contributed by atoms with E-state index < -0.39 is 5.97 Å². The number of pyridine rings is 1. The molecule has 88 valence electrons. The zero-order valence-corrected chi connectivity index (χ0v) is 9.42. The van der Waals surface area contributed by atoms with Crippen molar-refractivity contribution in [3.05, 3.63) is 29.6 Å². The molecule has 0 saturated heterocycles. The number of nitrogens with zero attached hydrogens (tertiary/aromatic N) is 2. The number of carboxylic acid groups (broad SMARTS) is 1. The Labute approximate surface area is 94.4 Å². The van der Waals surface area contributed by atoms with Gasteiger partial charge in [0.25, 0.3) is 0 Å². The molecule has 0 saturated carbocycles. The van der Waals surface area contributed by atoms with Gasteiger partial charge >= 0.3 is 5.97 Å². The number of hydrogen-bond acceptors (Lipinski definition) is 4. The van der Waals surface area contributed by atoms with Gasteiger partial charge in [-0.2, -0.15) is 0 Å². The topological polar surface area (TPSA) is 73.7 Å². The molecular formula is C11H16N2O3. The van der Waals surface area contributed by atoms with Crippen molar-refractivity contribution in [2.45, 2.75) is 19.6 Å². The summed E-state index contributed by atoms with van der Waals surface area (Å²) in [6.45, 7) is 2.87. The van der Waals surface area contributed by atoms with Gasteiger partial charge in [0, 0.05) is 19.3 Å². The van der Waals surface area contributed by atoms with Crippen LogP contribution in [0.3, 0.4) is 0 Å². The summed E-state index contributed by atoms with van der Waals surface area (Å²) < 4.78 is 0. The molecule has 0 aliphatic rings. The highest BCUT2D eigenvalue weighted by Crippen LogP contribution is 2.03. The summed E-state index contributed by atoms with van der Waals surface area (Å²) >= 11 is 0. The molecule has 1 heterocycles. The molecule has 1 aromatic rings. The van der Waals surface area contributed by atoms with Crippen LogP contribution in [0.1, 0.15) is 23.0 Å². The van der Waals surface area contributed by atoms with Crippen LogP contribution in [0.5, 0.6) is 0 Å². The first-order chi connectivity index (χ1) is 7.49. The Morgan fingerprint density at radius 1 is 1.56 bits per heavy atom. The van der Waals surface area contributed by atoms with Crippen LogP contribution >= 0.6 is 0 Å². The van der Waals surface area contributed by atoms with E-state index in [1.807, 2.05) is 11.9 Å². The Morgan fingerprint density at radius 2 is 2.25 bits per heavy atom. The van der Waals surface area contributed by atoms with Crippen molar-refractivity contribution < 1.29 is 15.0 Å². The first kappa shape index (κ1) is 12.6. The normalized spacial score (nSPS) is 12.8. The van der Waals surface area contributed by atoms with Gasteiger partial charge in [-0.25, -0.2) is 4.79 Å². The number of carboxylic acids is 1. The maximum Gasteiger partial charge on any atom is 0.337 e. The highest BCUT2D eigenvalue weighted by Gasteiger charge is 2.06. The van der Waals surface area contributed by atoms with Gasteiger partial charge in [-0.05, 0) is 26.1 Å². The van der Waals surface area contributed by atoms with Gasteiger partial charge in [0.1, 0.15) is 0 Å². The highest BCUT2D eigenvalue weighted by atomic mass is 16.4. The second kappa shape index (κ2) is 5.58. The average molecular weight is 224 g/mol. The van der Waals surface area contributed by atoms with Crippen molar-refractivity contribution >= 4 is 5.97 Å². The quantitative estimate of drug-likeness (QED) is 0.765. The molecular weight excluding hydrogens is 208 g/mol. The molecule has 0 spiro atoms. The van der Waals surface area contributed by atoms with Crippen molar-refractivity contribution in [2.75, 3.05) is 13.6 Å². The Bertz CT molecular complexity index is 349. The minimum atomic E-state index is -0.976. The minimum Gasteiger partial charge on any atom is -0.478 e. The molecule has 0 amide bonds. The zero-order valence-electron chi connectivity index (χ0n) is 9.42. The largest absolute Gasteiger partial charge is 0.478 e. The molecule has 1 aromatic heterocycles. The van der Waals surface area contributed by atoms with Gasteiger partial charge in [-0.3, -0.25) is 9.88 Å². The van der Waals surface area contributed by atoms with Gasteiger partial charge in [0.05, 0.1) is 17.4 Å². The number of aliphatic hydroxyl groups excluding tert-OH is 1. The Balaban J connectivity index is 2.58. The SMILES string of the molecule is CC(O)CN(C)Cc1ccc(C(=O)O)cn1. The molecule has 1 atom stereocenters. The van der Waals surface area contributed by atoms with Crippen LogP contribution in [0.4, 0.5) is 0 Å². The third-order valence-corrected chi connectivity index (χ3v) is 2.08. The van der Waals surface area contributed by atoms with E-state index >= 15 is 0 Å². The van der Waals surface area contributed by atoms with Crippen molar-refractivity contribution in [1.82, 2.24) is 9.88 Å². The first-order valence-electron chi connectivity index (χ1n) is 5.04. The molecule has 5 heteroatoms. The Kier molecular flexibility index (Phi) is 4.39. The van der Waals surface area contributed by atoms with E-state index in [0.717, 1.165) is 5.69 Å². The van der Waals surface area contributed by atoms with E-state index in [9.17, 15) is 9.90 Å². The summed E-state index contributed by atoms with van der Waals surface area (Å²) in [5.74, 6) is -0.976. The van der Waals surface area contributed by atoms with E-state index in [0.29, 0.717) is 13.1 Å². The standard InChI is InChI=1S/C11H16N2O3/c1-8(14)6-13(2)7-10-4-3-9(5-12-10)11(15)16/h3-5,8,14H,6-7H2,1-2H3,(H,15,16). The van der Waals surface area contributed by atoms with Crippen molar-refractivity contribution in [3.63, 3.8) is 0 Å². The predicted octanol–water partition coefficient (Wildman–Crippen LogP) is 0.592. The lowest BCUT2D eigenvalue weighted by atomic mass is 10.2. The number of likely N-dealkylation sites (N-methyl/N-ethyl adjacent to an activating group) is 1. The van der Waals surface area contributed by atoms with E-state index in [4.69, 9.17) is 5.11 Å². The maximum atomic E-state index is 10.6. The number of hydrogen-bond donors (Lipinski definition) is 2. The molecule has 2 N–H and O–H groups in total.